The highest BCUT2D eigenvalue weighted by molar-refractivity contribution is 7.14. The zero-order valence-electron chi connectivity index (χ0n) is 19.2. The monoisotopic (exact) mass is 468 g/mol. The molecule has 5 rings (SSSR count). The van der Waals surface area contributed by atoms with Gasteiger partial charge in [-0.2, -0.15) is 0 Å². The van der Waals surface area contributed by atoms with Crippen molar-refractivity contribution in [2.24, 2.45) is 0 Å². The molecule has 5 nitrogen and oxygen atoms in total. The van der Waals surface area contributed by atoms with Gasteiger partial charge in [-0.3, -0.25) is 9.69 Å². The van der Waals surface area contributed by atoms with Gasteiger partial charge >= 0.3 is 0 Å². The lowest BCUT2D eigenvalue weighted by molar-refractivity contribution is 0.0592. The Morgan fingerprint density at radius 2 is 1.44 bits per heavy atom. The predicted octanol–water partition coefficient (Wildman–Crippen LogP) is 5.74. The minimum atomic E-state index is 0.00354. The van der Waals surface area contributed by atoms with E-state index in [-0.39, 0.29) is 11.9 Å². The molecule has 0 bridgehead atoms. The number of anilines is 2. The van der Waals surface area contributed by atoms with Crippen molar-refractivity contribution in [1.29, 1.82) is 0 Å². The maximum absolute atomic E-state index is 13.2. The van der Waals surface area contributed by atoms with Crippen molar-refractivity contribution in [2.45, 2.75) is 13.0 Å². The predicted molar refractivity (Wildman–Crippen MR) is 139 cm³/mol. The van der Waals surface area contributed by atoms with E-state index in [4.69, 9.17) is 0 Å². The average molecular weight is 469 g/mol. The molecule has 34 heavy (non-hydrogen) atoms. The standard InChI is InChI=1S/C28H28N4OS/c1-21-12-14-24(15-13-21)29-28-30-25(20-34-28)27(33)32-18-16-31(17-19-32)26(22-8-4-2-5-9-22)23-10-6-3-7-11-23/h2-15,20,26H,16-19H2,1H3,(H,29,30). The Labute approximate surface area is 204 Å². The molecule has 4 aromatic rings. The summed E-state index contributed by atoms with van der Waals surface area (Å²) >= 11 is 1.46. The first-order chi connectivity index (χ1) is 16.7. The van der Waals surface area contributed by atoms with Gasteiger partial charge in [-0.05, 0) is 30.2 Å². The molecule has 0 unspecified atom stereocenters. The molecule has 1 fully saturated rings. The third kappa shape index (κ3) is 5.03. The number of amides is 1. The Balaban J connectivity index is 1.25. The van der Waals surface area contributed by atoms with Crippen LogP contribution in [0.2, 0.25) is 0 Å². The fourth-order valence-corrected chi connectivity index (χ4v) is 5.12. The third-order valence-electron chi connectivity index (χ3n) is 6.22. The van der Waals surface area contributed by atoms with Crippen LogP contribution in [0.1, 0.15) is 33.2 Å². The number of benzene rings is 3. The number of piperazine rings is 1. The number of aromatic nitrogens is 1. The van der Waals surface area contributed by atoms with E-state index >= 15 is 0 Å². The first-order valence-electron chi connectivity index (χ1n) is 11.6. The van der Waals surface area contributed by atoms with Gasteiger partial charge in [-0.25, -0.2) is 4.98 Å². The topological polar surface area (TPSA) is 48.5 Å². The second-order valence-corrected chi connectivity index (χ2v) is 9.44. The summed E-state index contributed by atoms with van der Waals surface area (Å²) in [5, 5.41) is 5.88. The van der Waals surface area contributed by atoms with Crippen LogP contribution in [0, 0.1) is 6.92 Å². The lowest BCUT2D eigenvalue weighted by Gasteiger charge is -2.39. The summed E-state index contributed by atoms with van der Waals surface area (Å²) in [6.45, 7) is 5.07. The molecular weight excluding hydrogens is 440 g/mol. The van der Waals surface area contributed by atoms with Crippen LogP contribution in [0.5, 0.6) is 0 Å². The molecule has 0 aliphatic carbocycles. The molecule has 6 heteroatoms. The molecule has 1 aromatic heterocycles. The van der Waals surface area contributed by atoms with Gasteiger partial charge in [-0.1, -0.05) is 78.4 Å². The van der Waals surface area contributed by atoms with Gasteiger partial charge in [0.25, 0.3) is 5.91 Å². The number of aryl methyl sites for hydroxylation is 1. The van der Waals surface area contributed by atoms with Crippen molar-refractivity contribution < 1.29 is 4.79 Å². The first-order valence-corrected chi connectivity index (χ1v) is 12.5. The third-order valence-corrected chi connectivity index (χ3v) is 6.98. The largest absolute Gasteiger partial charge is 0.335 e. The van der Waals surface area contributed by atoms with E-state index in [0.29, 0.717) is 18.8 Å². The van der Waals surface area contributed by atoms with E-state index in [1.165, 1.54) is 28.0 Å². The number of hydrogen-bond donors (Lipinski definition) is 1. The van der Waals surface area contributed by atoms with Crippen LogP contribution < -0.4 is 5.32 Å². The summed E-state index contributed by atoms with van der Waals surface area (Å²) < 4.78 is 0. The van der Waals surface area contributed by atoms with Crippen molar-refractivity contribution in [3.63, 3.8) is 0 Å². The van der Waals surface area contributed by atoms with Gasteiger partial charge < -0.3 is 10.2 Å². The highest BCUT2D eigenvalue weighted by Gasteiger charge is 2.29. The molecule has 1 N–H and O–H groups in total. The Morgan fingerprint density at radius 1 is 0.853 bits per heavy atom. The SMILES string of the molecule is Cc1ccc(Nc2nc(C(=O)N3CCN(C(c4ccccc4)c4ccccc4)CC3)cs2)cc1. The fourth-order valence-electron chi connectivity index (χ4n) is 4.42. The van der Waals surface area contributed by atoms with Gasteiger partial charge in [0.15, 0.2) is 5.13 Å². The highest BCUT2D eigenvalue weighted by Crippen LogP contribution is 2.30. The number of carbonyl (C=O) groups excluding carboxylic acids is 1. The number of hydrogen-bond acceptors (Lipinski definition) is 5. The summed E-state index contributed by atoms with van der Waals surface area (Å²) in [6.07, 6.45) is 0. The highest BCUT2D eigenvalue weighted by atomic mass is 32.1. The van der Waals surface area contributed by atoms with Crippen molar-refractivity contribution >= 4 is 28.1 Å². The molecule has 1 amide bonds. The zero-order chi connectivity index (χ0) is 23.3. The minimum Gasteiger partial charge on any atom is -0.335 e. The molecule has 0 spiro atoms. The Morgan fingerprint density at radius 3 is 2.03 bits per heavy atom. The van der Waals surface area contributed by atoms with Crippen molar-refractivity contribution in [3.05, 3.63) is 113 Å². The number of carbonyl (C=O) groups is 1. The summed E-state index contributed by atoms with van der Waals surface area (Å²) in [5.74, 6) is 0.00354. The van der Waals surface area contributed by atoms with Crippen molar-refractivity contribution in [2.75, 3.05) is 31.5 Å². The molecule has 0 saturated carbocycles. The molecule has 1 aliphatic heterocycles. The van der Waals surface area contributed by atoms with Crippen LogP contribution in [0.3, 0.4) is 0 Å². The normalized spacial score (nSPS) is 14.4. The second-order valence-electron chi connectivity index (χ2n) is 8.58. The lowest BCUT2D eigenvalue weighted by atomic mass is 9.96. The van der Waals surface area contributed by atoms with Gasteiger partial charge in [-0.15, -0.1) is 11.3 Å². The Kier molecular flexibility index (Phi) is 6.70. The molecule has 172 valence electrons. The number of nitrogens with zero attached hydrogens (tertiary/aromatic N) is 3. The van der Waals surface area contributed by atoms with Crippen molar-refractivity contribution in [3.8, 4) is 0 Å². The summed E-state index contributed by atoms with van der Waals surface area (Å²) in [7, 11) is 0. The van der Waals surface area contributed by atoms with E-state index in [0.717, 1.165) is 23.9 Å². The quantitative estimate of drug-likeness (QED) is 0.392. The molecule has 0 radical (unpaired) electrons. The molecule has 1 aliphatic rings. The van der Waals surface area contributed by atoms with Crippen LogP contribution >= 0.6 is 11.3 Å². The molecule has 1 saturated heterocycles. The van der Waals surface area contributed by atoms with Crippen LogP contribution in [0.25, 0.3) is 0 Å². The first kappa shape index (κ1) is 22.3. The van der Waals surface area contributed by atoms with E-state index in [9.17, 15) is 4.79 Å². The zero-order valence-corrected chi connectivity index (χ0v) is 20.0. The second kappa shape index (κ2) is 10.2. The van der Waals surface area contributed by atoms with Gasteiger partial charge in [0.1, 0.15) is 5.69 Å². The summed E-state index contributed by atoms with van der Waals surface area (Å²) in [6, 6.07) is 29.6. The van der Waals surface area contributed by atoms with E-state index in [1.54, 1.807) is 0 Å². The van der Waals surface area contributed by atoms with Crippen LogP contribution in [-0.2, 0) is 0 Å². The van der Waals surface area contributed by atoms with E-state index < -0.39 is 0 Å². The maximum Gasteiger partial charge on any atom is 0.273 e. The van der Waals surface area contributed by atoms with Gasteiger partial charge in [0.2, 0.25) is 0 Å². The van der Waals surface area contributed by atoms with Crippen molar-refractivity contribution in [1.82, 2.24) is 14.8 Å². The minimum absolute atomic E-state index is 0.00354. The molecular formula is C28H28N4OS. The smallest absolute Gasteiger partial charge is 0.273 e. The Hall–Kier alpha value is -3.48. The lowest BCUT2D eigenvalue weighted by Crippen LogP contribution is -2.50. The van der Waals surface area contributed by atoms with E-state index in [1.807, 2.05) is 22.4 Å². The maximum atomic E-state index is 13.2. The average Bonchev–Trinajstić information content (AvgIpc) is 3.35. The molecule has 3 aromatic carbocycles. The summed E-state index contributed by atoms with van der Waals surface area (Å²) in [4.78, 5) is 22.1. The summed E-state index contributed by atoms with van der Waals surface area (Å²) in [5.41, 5.74) is 5.25. The van der Waals surface area contributed by atoms with Gasteiger partial charge in [0, 0.05) is 37.2 Å². The molecule has 0 atom stereocenters. The molecule has 2 heterocycles. The van der Waals surface area contributed by atoms with E-state index in [2.05, 4.69) is 94.9 Å². The van der Waals surface area contributed by atoms with Gasteiger partial charge in [0.05, 0.1) is 6.04 Å². The van der Waals surface area contributed by atoms with Crippen LogP contribution in [0.4, 0.5) is 10.8 Å². The van der Waals surface area contributed by atoms with Crippen LogP contribution in [0.15, 0.2) is 90.3 Å². The number of thiazole rings is 1. The number of nitrogens with one attached hydrogen (secondary N) is 1. The fraction of sp³-hybridized carbons (Fsp3) is 0.214. The van der Waals surface area contributed by atoms with Crippen LogP contribution in [-0.4, -0.2) is 46.9 Å². The Bertz CT molecular complexity index is 1180. The number of rotatable bonds is 6.